The normalized spacial score (nSPS) is 34.6. The molecule has 3 fully saturated rings. The van der Waals surface area contributed by atoms with Crippen LogP contribution in [0.25, 0.3) is 0 Å². The van der Waals surface area contributed by atoms with E-state index >= 15 is 0 Å². The van der Waals surface area contributed by atoms with E-state index in [-0.39, 0.29) is 22.0 Å². The van der Waals surface area contributed by atoms with Crippen LogP contribution in [0.1, 0.15) is 113 Å². The third-order valence-corrected chi connectivity index (χ3v) is 10.3. The molecule has 3 nitrogen and oxygen atoms in total. The number of aliphatic imine (C=N–C) groups is 1. The van der Waals surface area contributed by atoms with E-state index in [1.807, 2.05) is 0 Å². The summed E-state index contributed by atoms with van der Waals surface area (Å²) in [7, 11) is 0. The highest BCUT2D eigenvalue weighted by atomic mass is 15.6. The van der Waals surface area contributed by atoms with Gasteiger partial charge in [0.25, 0.3) is 11.5 Å². The molecule has 3 heteroatoms. The zero-order valence-corrected chi connectivity index (χ0v) is 23.9. The van der Waals surface area contributed by atoms with E-state index in [4.69, 9.17) is 11.6 Å². The van der Waals surface area contributed by atoms with Gasteiger partial charge in [0.05, 0.1) is 5.92 Å². The first-order valence-corrected chi connectivity index (χ1v) is 14.4. The van der Waals surface area contributed by atoms with Crippen molar-refractivity contribution in [3.8, 4) is 0 Å². The molecule has 3 atom stereocenters. The van der Waals surface area contributed by atoms with Crippen LogP contribution in [0.4, 0.5) is 0 Å². The molecule has 1 aliphatic heterocycles. The minimum Gasteiger partial charge on any atom is -0.284 e. The molecular formula is C32H52N3+. The Labute approximate surface area is 216 Å². The Morgan fingerprint density at radius 2 is 1.51 bits per heavy atom. The average Bonchev–Trinajstić information content (AvgIpc) is 3.29. The Balaban J connectivity index is 1.85. The van der Waals surface area contributed by atoms with Crippen molar-refractivity contribution in [2.75, 3.05) is 0 Å². The number of nitrogens with zero attached hydrogens (tertiary/aromatic N) is 3. The average molecular weight is 479 g/mol. The van der Waals surface area contributed by atoms with Gasteiger partial charge >= 0.3 is 0 Å². The second-order valence-corrected chi connectivity index (χ2v) is 13.5. The predicted octanol–water partition coefficient (Wildman–Crippen LogP) is 7.92. The van der Waals surface area contributed by atoms with Crippen molar-refractivity contribution in [3.05, 3.63) is 36.5 Å². The van der Waals surface area contributed by atoms with Crippen molar-refractivity contribution >= 4 is 12.6 Å². The maximum absolute atomic E-state index is 4.98. The van der Waals surface area contributed by atoms with Crippen molar-refractivity contribution in [3.63, 3.8) is 0 Å². The SMILES string of the molecule is C=NC1(C)C(C)(C(=C)/C=C\C(=C)C(C)(C)C)C12N(C1CCCCC1)C(C(C)C)=[N+]2C1CCCCC1. The number of amidine groups is 1. The maximum atomic E-state index is 4.98. The second kappa shape index (κ2) is 9.03. The van der Waals surface area contributed by atoms with Gasteiger partial charge in [-0.2, -0.15) is 0 Å². The smallest absolute Gasteiger partial charge is 0.282 e. The minimum absolute atomic E-state index is 0.0518. The quantitative estimate of drug-likeness (QED) is 0.206. The Bertz CT molecular complexity index is 934. The lowest BCUT2D eigenvalue weighted by molar-refractivity contribution is -0.692. The highest BCUT2D eigenvalue weighted by Crippen LogP contribution is 2.77. The third-order valence-electron chi connectivity index (χ3n) is 10.3. The molecule has 0 aromatic heterocycles. The Hall–Kier alpha value is -1.64. The molecule has 0 amide bonds. The highest BCUT2D eigenvalue weighted by Gasteiger charge is 2.99. The summed E-state index contributed by atoms with van der Waals surface area (Å²) in [5.74, 6) is 2.08. The molecule has 4 rings (SSSR count). The van der Waals surface area contributed by atoms with Crippen LogP contribution in [0.2, 0.25) is 0 Å². The summed E-state index contributed by atoms with van der Waals surface area (Å²) in [5, 5.41) is 0. The van der Waals surface area contributed by atoms with Crippen LogP contribution in [-0.2, 0) is 0 Å². The number of rotatable bonds is 7. The number of hydrogen-bond donors (Lipinski definition) is 0. The van der Waals surface area contributed by atoms with Crippen LogP contribution in [0.15, 0.2) is 41.4 Å². The lowest BCUT2D eigenvalue weighted by Gasteiger charge is -2.51. The summed E-state index contributed by atoms with van der Waals surface area (Å²) in [6.45, 7) is 29.5. The van der Waals surface area contributed by atoms with Gasteiger partial charge in [-0.15, -0.1) is 0 Å². The van der Waals surface area contributed by atoms with E-state index in [0.29, 0.717) is 18.0 Å². The van der Waals surface area contributed by atoms with Gasteiger partial charge in [0.1, 0.15) is 17.5 Å². The van der Waals surface area contributed by atoms with Gasteiger partial charge in [-0.25, -0.2) is 9.48 Å². The molecule has 0 aromatic rings. The fourth-order valence-corrected chi connectivity index (χ4v) is 7.87. The van der Waals surface area contributed by atoms with Crippen molar-refractivity contribution in [2.45, 2.75) is 136 Å². The van der Waals surface area contributed by atoms with E-state index in [1.165, 1.54) is 69.8 Å². The summed E-state index contributed by atoms with van der Waals surface area (Å²) >= 11 is 0. The molecule has 0 aromatic carbocycles. The van der Waals surface area contributed by atoms with Gasteiger partial charge in [0.2, 0.25) is 0 Å². The third kappa shape index (κ3) is 3.57. The van der Waals surface area contributed by atoms with E-state index < -0.39 is 0 Å². The molecule has 3 saturated carbocycles. The standard InChI is InChI=1S/C32H52N3/c1-23(2)28-34(26-17-13-11-14-18-26)32(35(28)27-19-15-12-16-20-27)30(8,31(32,9)33-10)25(4)22-21-24(3)29(5,6)7/h21-23,26-27H,3-4,10-20H2,1-2,5-9H3/q+1/b22-21-. The van der Waals surface area contributed by atoms with Crippen LogP contribution in [0.5, 0.6) is 0 Å². The second-order valence-electron chi connectivity index (χ2n) is 13.5. The number of allylic oxidation sites excluding steroid dienone is 3. The molecule has 1 spiro atoms. The molecule has 35 heavy (non-hydrogen) atoms. The Kier molecular flexibility index (Phi) is 6.82. The highest BCUT2D eigenvalue weighted by molar-refractivity contribution is 5.87. The molecule has 3 unspecified atom stereocenters. The van der Waals surface area contributed by atoms with Crippen molar-refractivity contribution in [1.82, 2.24) is 4.90 Å². The molecular weight excluding hydrogens is 426 g/mol. The molecule has 1 heterocycles. The van der Waals surface area contributed by atoms with Crippen LogP contribution in [0, 0.1) is 16.7 Å². The van der Waals surface area contributed by atoms with Gasteiger partial charge in [-0.3, -0.25) is 4.99 Å². The minimum atomic E-state index is -0.294. The van der Waals surface area contributed by atoms with E-state index in [9.17, 15) is 0 Å². The Morgan fingerprint density at radius 3 is 2.00 bits per heavy atom. The first-order chi connectivity index (χ1) is 16.4. The lowest BCUT2D eigenvalue weighted by Crippen LogP contribution is -2.74. The molecule has 0 radical (unpaired) electrons. The zero-order chi connectivity index (χ0) is 25.8. The molecule has 0 saturated heterocycles. The van der Waals surface area contributed by atoms with Gasteiger partial charge in [-0.1, -0.05) is 72.8 Å². The summed E-state index contributed by atoms with van der Waals surface area (Å²) < 4.78 is 2.87. The van der Waals surface area contributed by atoms with E-state index in [2.05, 4.69) is 83.4 Å². The van der Waals surface area contributed by atoms with Crippen molar-refractivity contribution in [1.29, 1.82) is 0 Å². The van der Waals surface area contributed by atoms with Gasteiger partial charge in [0, 0.05) is 0 Å². The zero-order valence-electron chi connectivity index (χ0n) is 23.9. The van der Waals surface area contributed by atoms with Crippen LogP contribution in [-0.4, -0.2) is 45.3 Å². The monoisotopic (exact) mass is 478 g/mol. The predicted molar refractivity (Wildman–Crippen MR) is 151 cm³/mol. The Morgan fingerprint density at radius 1 is 0.971 bits per heavy atom. The van der Waals surface area contributed by atoms with Crippen LogP contribution < -0.4 is 0 Å². The first-order valence-electron chi connectivity index (χ1n) is 14.4. The van der Waals surface area contributed by atoms with Gasteiger partial charge in [-0.05, 0) is 88.5 Å². The van der Waals surface area contributed by atoms with Crippen LogP contribution in [0.3, 0.4) is 0 Å². The fourth-order valence-electron chi connectivity index (χ4n) is 7.87. The summed E-state index contributed by atoms with van der Waals surface area (Å²) in [6.07, 6.45) is 17.7. The molecule has 194 valence electrons. The van der Waals surface area contributed by atoms with Crippen LogP contribution >= 0.6 is 0 Å². The molecule has 0 bridgehead atoms. The van der Waals surface area contributed by atoms with Crippen molar-refractivity contribution in [2.24, 2.45) is 21.7 Å². The van der Waals surface area contributed by atoms with Gasteiger partial charge < -0.3 is 0 Å². The number of hydrogen-bond acceptors (Lipinski definition) is 2. The lowest BCUT2D eigenvalue weighted by atomic mass is 9.83. The summed E-state index contributed by atoms with van der Waals surface area (Å²) in [5.41, 5.74) is 1.72. The first kappa shape index (κ1) is 26.4. The molecule has 3 aliphatic carbocycles. The summed E-state index contributed by atoms with van der Waals surface area (Å²) in [4.78, 5) is 7.85. The van der Waals surface area contributed by atoms with Crippen molar-refractivity contribution < 1.29 is 4.58 Å². The van der Waals surface area contributed by atoms with E-state index in [0.717, 1.165) is 5.57 Å². The molecule has 0 N–H and O–H groups in total. The van der Waals surface area contributed by atoms with E-state index in [1.54, 1.807) is 5.84 Å². The molecule has 4 aliphatic rings. The topological polar surface area (TPSA) is 18.6 Å². The largest absolute Gasteiger partial charge is 0.284 e. The maximum Gasteiger partial charge on any atom is 0.282 e. The summed E-state index contributed by atoms with van der Waals surface area (Å²) in [6, 6.07) is 1.20. The fraction of sp³-hybridized carbons (Fsp3) is 0.750. The van der Waals surface area contributed by atoms with Gasteiger partial charge in [0.15, 0.2) is 5.54 Å².